The Labute approximate surface area is 84.3 Å². The summed E-state index contributed by atoms with van der Waals surface area (Å²) in [5.74, 6) is -0.286. The van der Waals surface area contributed by atoms with Crippen molar-refractivity contribution in [2.45, 2.75) is 52.5 Å². The molecule has 1 rings (SSSR count). The highest BCUT2D eigenvalue weighted by molar-refractivity contribution is 5.08. The lowest BCUT2D eigenvalue weighted by Crippen LogP contribution is -2.14. The third kappa shape index (κ3) is 2.30. The van der Waals surface area contributed by atoms with Crippen LogP contribution in [0, 0.1) is 5.95 Å². The molecule has 14 heavy (non-hydrogen) atoms. The van der Waals surface area contributed by atoms with Crippen LogP contribution in [0.25, 0.3) is 0 Å². The van der Waals surface area contributed by atoms with Crippen LogP contribution in [0.5, 0.6) is 0 Å². The molecule has 0 spiro atoms. The molecule has 0 saturated carbocycles. The molecule has 80 valence electrons. The quantitative estimate of drug-likeness (QED) is 0.749. The molecule has 0 aliphatic carbocycles. The molecule has 0 saturated heterocycles. The average Bonchev–Trinajstić information content (AvgIpc) is 2.42. The van der Waals surface area contributed by atoms with E-state index in [1.807, 2.05) is 20.8 Å². The number of hydrogen-bond acceptors (Lipinski definition) is 2. The van der Waals surface area contributed by atoms with E-state index in [2.05, 4.69) is 17.2 Å². The SMILES string of the molecule is CCCCn1nnc(C(C)(C)C)c1F. The fourth-order valence-electron chi connectivity index (χ4n) is 1.21. The smallest absolute Gasteiger partial charge is 0.219 e. The lowest BCUT2D eigenvalue weighted by molar-refractivity contribution is 0.423. The standard InChI is InChI=1S/C10H18FN3/c1-5-6-7-14-9(11)8(12-13-14)10(2,3)4/h5-7H2,1-4H3. The highest BCUT2D eigenvalue weighted by Gasteiger charge is 2.24. The van der Waals surface area contributed by atoms with E-state index in [0.717, 1.165) is 12.8 Å². The van der Waals surface area contributed by atoms with Gasteiger partial charge in [-0.05, 0) is 6.42 Å². The largest absolute Gasteiger partial charge is 0.235 e. The van der Waals surface area contributed by atoms with Crippen molar-refractivity contribution in [2.75, 3.05) is 0 Å². The molecule has 0 aliphatic rings. The molecule has 0 atom stereocenters. The Morgan fingerprint density at radius 2 is 2.00 bits per heavy atom. The molecule has 4 heteroatoms. The molecule has 0 aromatic carbocycles. The normalized spacial score (nSPS) is 12.1. The predicted molar refractivity (Wildman–Crippen MR) is 53.6 cm³/mol. The van der Waals surface area contributed by atoms with Crippen LogP contribution in [0.2, 0.25) is 0 Å². The summed E-state index contributed by atoms with van der Waals surface area (Å²) in [6.07, 6.45) is 1.97. The van der Waals surface area contributed by atoms with Crippen LogP contribution in [0.15, 0.2) is 0 Å². The lowest BCUT2D eigenvalue weighted by Gasteiger charge is -2.13. The maximum absolute atomic E-state index is 13.7. The first-order chi connectivity index (χ1) is 6.46. The monoisotopic (exact) mass is 199 g/mol. The second-order valence-corrected chi connectivity index (χ2v) is 4.56. The third-order valence-corrected chi connectivity index (χ3v) is 2.11. The zero-order chi connectivity index (χ0) is 10.8. The van der Waals surface area contributed by atoms with E-state index in [4.69, 9.17) is 0 Å². The minimum absolute atomic E-state index is 0.269. The van der Waals surface area contributed by atoms with Crippen LogP contribution in [0.3, 0.4) is 0 Å². The summed E-state index contributed by atoms with van der Waals surface area (Å²) in [5.41, 5.74) is 0.183. The van der Waals surface area contributed by atoms with Crippen molar-refractivity contribution >= 4 is 0 Å². The number of aryl methyl sites for hydroxylation is 1. The summed E-state index contributed by atoms with van der Waals surface area (Å²) >= 11 is 0. The number of hydrogen-bond donors (Lipinski definition) is 0. The van der Waals surface area contributed by atoms with E-state index in [1.54, 1.807) is 0 Å². The van der Waals surface area contributed by atoms with Gasteiger partial charge in [0.05, 0.1) is 0 Å². The van der Waals surface area contributed by atoms with Crippen LogP contribution in [-0.4, -0.2) is 15.0 Å². The Morgan fingerprint density at radius 1 is 1.36 bits per heavy atom. The fourth-order valence-corrected chi connectivity index (χ4v) is 1.21. The minimum Gasteiger partial charge on any atom is -0.219 e. The topological polar surface area (TPSA) is 30.7 Å². The summed E-state index contributed by atoms with van der Waals surface area (Å²) < 4.78 is 15.0. The Morgan fingerprint density at radius 3 is 2.43 bits per heavy atom. The molecule has 0 N–H and O–H groups in total. The van der Waals surface area contributed by atoms with Crippen molar-refractivity contribution in [3.63, 3.8) is 0 Å². The van der Waals surface area contributed by atoms with Crippen LogP contribution in [0.1, 0.15) is 46.2 Å². The van der Waals surface area contributed by atoms with Crippen LogP contribution < -0.4 is 0 Å². The molecular weight excluding hydrogens is 181 g/mol. The number of halogens is 1. The first kappa shape index (κ1) is 11.1. The van der Waals surface area contributed by atoms with Crippen molar-refractivity contribution < 1.29 is 4.39 Å². The van der Waals surface area contributed by atoms with Gasteiger partial charge in [0.25, 0.3) is 0 Å². The van der Waals surface area contributed by atoms with E-state index in [1.165, 1.54) is 4.68 Å². The summed E-state index contributed by atoms with van der Waals surface area (Å²) in [7, 11) is 0. The van der Waals surface area contributed by atoms with Crippen LogP contribution >= 0.6 is 0 Å². The molecule has 0 radical (unpaired) electrons. The van der Waals surface area contributed by atoms with Gasteiger partial charge in [0.15, 0.2) is 0 Å². The van der Waals surface area contributed by atoms with E-state index in [0.29, 0.717) is 12.2 Å². The summed E-state index contributed by atoms with van der Waals surface area (Å²) in [5, 5.41) is 7.69. The van der Waals surface area contributed by atoms with Gasteiger partial charge >= 0.3 is 0 Å². The molecule has 3 nitrogen and oxygen atoms in total. The van der Waals surface area contributed by atoms with Gasteiger partial charge in [0.1, 0.15) is 5.69 Å². The second-order valence-electron chi connectivity index (χ2n) is 4.56. The molecule has 1 heterocycles. The number of unbranched alkanes of at least 4 members (excludes halogenated alkanes) is 1. The van der Waals surface area contributed by atoms with Gasteiger partial charge in [0, 0.05) is 12.0 Å². The molecule has 0 bridgehead atoms. The first-order valence-electron chi connectivity index (χ1n) is 5.06. The van der Waals surface area contributed by atoms with Crippen molar-refractivity contribution in [3.8, 4) is 0 Å². The van der Waals surface area contributed by atoms with Gasteiger partial charge in [-0.3, -0.25) is 0 Å². The zero-order valence-electron chi connectivity index (χ0n) is 9.34. The Hall–Kier alpha value is -0.930. The van der Waals surface area contributed by atoms with E-state index < -0.39 is 0 Å². The van der Waals surface area contributed by atoms with Gasteiger partial charge in [-0.15, -0.1) is 5.10 Å². The van der Waals surface area contributed by atoms with Gasteiger partial charge in [-0.2, -0.15) is 4.39 Å². The summed E-state index contributed by atoms with van der Waals surface area (Å²) in [4.78, 5) is 0. The first-order valence-corrected chi connectivity index (χ1v) is 5.06. The van der Waals surface area contributed by atoms with Gasteiger partial charge in [0.2, 0.25) is 5.95 Å². The lowest BCUT2D eigenvalue weighted by atomic mass is 9.93. The van der Waals surface area contributed by atoms with Crippen molar-refractivity contribution in [1.29, 1.82) is 0 Å². The minimum atomic E-state index is -0.286. The molecule has 1 aromatic heterocycles. The molecule has 0 unspecified atom stereocenters. The van der Waals surface area contributed by atoms with E-state index in [9.17, 15) is 4.39 Å². The highest BCUT2D eigenvalue weighted by Crippen LogP contribution is 2.22. The van der Waals surface area contributed by atoms with Crippen LogP contribution in [0.4, 0.5) is 4.39 Å². The summed E-state index contributed by atoms with van der Waals surface area (Å²) in [6.45, 7) is 8.49. The van der Waals surface area contributed by atoms with Crippen LogP contribution in [-0.2, 0) is 12.0 Å². The van der Waals surface area contributed by atoms with Gasteiger partial charge in [-0.25, -0.2) is 4.68 Å². The number of aromatic nitrogens is 3. The number of rotatable bonds is 3. The van der Waals surface area contributed by atoms with Crippen molar-refractivity contribution in [2.24, 2.45) is 0 Å². The Bertz CT molecular complexity index is 299. The van der Waals surface area contributed by atoms with Crippen molar-refractivity contribution in [1.82, 2.24) is 15.0 Å². The molecule has 0 fully saturated rings. The van der Waals surface area contributed by atoms with E-state index >= 15 is 0 Å². The zero-order valence-corrected chi connectivity index (χ0v) is 9.34. The molecular formula is C10H18FN3. The Balaban J connectivity index is 2.86. The average molecular weight is 199 g/mol. The fraction of sp³-hybridized carbons (Fsp3) is 0.800. The van der Waals surface area contributed by atoms with E-state index in [-0.39, 0.29) is 11.4 Å². The van der Waals surface area contributed by atoms with Gasteiger partial charge in [-0.1, -0.05) is 39.3 Å². The van der Waals surface area contributed by atoms with Gasteiger partial charge < -0.3 is 0 Å². The highest BCUT2D eigenvalue weighted by atomic mass is 19.1. The second kappa shape index (κ2) is 4.07. The molecule has 0 amide bonds. The maximum Gasteiger partial charge on any atom is 0.235 e. The molecule has 1 aromatic rings. The Kier molecular flexibility index (Phi) is 3.24. The predicted octanol–water partition coefficient (Wildman–Crippen LogP) is 2.51. The molecule has 0 aliphatic heterocycles. The third-order valence-electron chi connectivity index (χ3n) is 2.11. The van der Waals surface area contributed by atoms with Crippen molar-refractivity contribution in [3.05, 3.63) is 11.6 Å². The summed E-state index contributed by atoms with van der Waals surface area (Å²) in [6, 6.07) is 0. The number of nitrogens with zero attached hydrogens (tertiary/aromatic N) is 3. The maximum atomic E-state index is 13.7.